The minimum absolute atomic E-state index is 0.120. The van der Waals surface area contributed by atoms with Crippen LogP contribution in [0.1, 0.15) is 52.5 Å². The van der Waals surface area contributed by atoms with Crippen LogP contribution in [0.4, 0.5) is 0 Å². The fourth-order valence-corrected chi connectivity index (χ4v) is 3.11. The lowest BCUT2D eigenvalue weighted by Crippen LogP contribution is -2.39. The molecule has 1 aromatic carbocycles. The standard InChI is InChI=1S/C18H27NO2/c1-5-10-21-15-8-6-14(7-9-15)18(4)12-17(20)19-16(18)11-13(2)3/h6-9,13,16H,5,10-12H2,1-4H3,(H,19,20). The van der Waals surface area contributed by atoms with Gasteiger partial charge in [0, 0.05) is 17.9 Å². The third-order valence-corrected chi connectivity index (χ3v) is 4.33. The number of rotatable bonds is 6. The average molecular weight is 289 g/mol. The van der Waals surface area contributed by atoms with Gasteiger partial charge in [0.25, 0.3) is 0 Å². The molecular weight excluding hydrogens is 262 g/mol. The first-order valence-corrected chi connectivity index (χ1v) is 7.98. The Hall–Kier alpha value is -1.51. The highest BCUT2D eigenvalue weighted by Gasteiger charge is 2.44. The van der Waals surface area contributed by atoms with Crippen molar-refractivity contribution in [2.24, 2.45) is 5.92 Å². The van der Waals surface area contributed by atoms with Crippen LogP contribution in [0.3, 0.4) is 0 Å². The lowest BCUT2D eigenvalue weighted by atomic mass is 9.73. The van der Waals surface area contributed by atoms with Crippen LogP contribution in [0, 0.1) is 5.92 Å². The zero-order chi connectivity index (χ0) is 15.5. The first-order valence-electron chi connectivity index (χ1n) is 7.98. The lowest BCUT2D eigenvalue weighted by Gasteiger charge is -2.32. The smallest absolute Gasteiger partial charge is 0.221 e. The minimum atomic E-state index is -0.120. The molecule has 0 aliphatic carbocycles. The largest absolute Gasteiger partial charge is 0.494 e. The van der Waals surface area contributed by atoms with E-state index < -0.39 is 0 Å². The molecule has 0 radical (unpaired) electrons. The van der Waals surface area contributed by atoms with Gasteiger partial charge in [-0.05, 0) is 36.5 Å². The predicted octanol–water partition coefficient (Wildman–Crippen LogP) is 3.67. The van der Waals surface area contributed by atoms with Crippen LogP contribution in [-0.4, -0.2) is 18.6 Å². The number of hydrogen-bond donors (Lipinski definition) is 1. The third kappa shape index (κ3) is 3.58. The van der Waals surface area contributed by atoms with Crippen LogP contribution in [0.2, 0.25) is 0 Å². The van der Waals surface area contributed by atoms with Gasteiger partial charge in [0.1, 0.15) is 5.75 Å². The van der Waals surface area contributed by atoms with Gasteiger partial charge < -0.3 is 10.1 Å². The van der Waals surface area contributed by atoms with Gasteiger partial charge in [0.05, 0.1) is 6.61 Å². The lowest BCUT2D eigenvalue weighted by molar-refractivity contribution is -0.119. The molecule has 1 N–H and O–H groups in total. The van der Waals surface area contributed by atoms with E-state index in [9.17, 15) is 4.79 Å². The molecule has 2 atom stereocenters. The van der Waals surface area contributed by atoms with Crippen LogP contribution in [0.5, 0.6) is 5.75 Å². The molecular formula is C18H27NO2. The van der Waals surface area contributed by atoms with Crippen molar-refractivity contribution in [2.45, 2.75) is 58.4 Å². The van der Waals surface area contributed by atoms with Crippen molar-refractivity contribution < 1.29 is 9.53 Å². The van der Waals surface area contributed by atoms with Crippen LogP contribution in [-0.2, 0) is 10.2 Å². The SMILES string of the molecule is CCCOc1ccc(C2(C)CC(=O)NC2CC(C)C)cc1. The highest BCUT2D eigenvalue weighted by Crippen LogP contribution is 2.38. The molecule has 3 heteroatoms. The Kier molecular flexibility index (Phi) is 4.92. The van der Waals surface area contributed by atoms with E-state index in [1.807, 2.05) is 12.1 Å². The highest BCUT2D eigenvalue weighted by molar-refractivity contribution is 5.81. The van der Waals surface area contributed by atoms with Gasteiger partial charge >= 0.3 is 0 Å². The maximum Gasteiger partial charge on any atom is 0.221 e. The van der Waals surface area contributed by atoms with Crippen molar-refractivity contribution in [1.82, 2.24) is 5.32 Å². The minimum Gasteiger partial charge on any atom is -0.494 e. The Morgan fingerprint density at radius 2 is 2.00 bits per heavy atom. The van der Waals surface area contributed by atoms with Gasteiger partial charge in [-0.2, -0.15) is 0 Å². The summed E-state index contributed by atoms with van der Waals surface area (Å²) in [4.78, 5) is 11.9. The molecule has 3 nitrogen and oxygen atoms in total. The number of ether oxygens (including phenoxy) is 1. The fraction of sp³-hybridized carbons (Fsp3) is 0.611. The van der Waals surface area contributed by atoms with Crippen molar-refractivity contribution in [2.75, 3.05) is 6.61 Å². The van der Waals surface area contributed by atoms with Crippen molar-refractivity contribution in [3.05, 3.63) is 29.8 Å². The molecule has 2 unspecified atom stereocenters. The van der Waals surface area contributed by atoms with Gasteiger partial charge in [-0.15, -0.1) is 0 Å². The van der Waals surface area contributed by atoms with Gasteiger partial charge in [0.2, 0.25) is 5.91 Å². The summed E-state index contributed by atoms with van der Waals surface area (Å²) >= 11 is 0. The van der Waals surface area contributed by atoms with Crippen LogP contribution >= 0.6 is 0 Å². The van der Waals surface area contributed by atoms with Crippen molar-refractivity contribution in [3.8, 4) is 5.75 Å². The van der Waals surface area contributed by atoms with Gasteiger partial charge in [-0.1, -0.05) is 39.8 Å². The number of hydrogen-bond acceptors (Lipinski definition) is 2. The first-order chi connectivity index (χ1) is 9.95. The Morgan fingerprint density at radius 1 is 1.33 bits per heavy atom. The van der Waals surface area contributed by atoms with Crippen LogP contribution in [0.25, 0.3) is 0 Å². The van der Waals surface area contributed by atoms with E-state index >= 15 is 0 Å². The Labute approximate surface area is 128 Å². The number of benzene rings is 1. The number of carbonyl (C=O) groups is 1. The topological polar surface area (TPSA) is 38.3 Å². The van der Waals surface area contributed by atoms with E-state index in [-0.39, 0.29) is 17.4 Å². The number of nitrogens with one attached hydrogen (secondary N) is 1. The zero-order valence-electron chi connectivity index (χ0n) is 13.6. The maximum atomic E-state index is 11.9. The molecule has 1 aromatic rings. The normalized spacial score (nSPS) is 25.2. The Morgan fingerprint density at radius 3 is 2.57 bits per heavy atom. The van der Waals surface area contributed by atoms with Crippen LogP contribution in [0.15, 0.2) is 24.3 Å². The molecule has 1 aliphatic heterocycles. The van der Waals surface area contributed by atoms with Gasteiger partial charge in [0.15, 0.2) is 0 Å². The summed E-state index contributed by atoms with van der Waals surface area (Å²) in [5.41, 5.74) is 1.10. The summed E-state index contributed by atoms with van der Waals surface area (Å²) in [5.74, 6) is 1.64. The van der Waals surface area contributed by atoms with Crippen molar-refractivity contribution in [1.29, 1.82) is 0 Å². The zero-order valence-corrected chi connectivity index (χ0v) is 13.6. The monoisotopic (exact) mass is 289 g/mol. The second kappa shape index (κ2) is 6.50. The molecule has 1 fully saturated rings. The quantitative estimate of drug-likeness (QED) is 0.867. The van der Waals surface area contributed by atoms with E-state index in [0.29, 0.717) is 12.3 Å². The second-order valence-electron chi connectivity index (χ2n) is 6.72. The van der Waals surface area contributed by atoms with Gasteiger partial charge in [-0.3, -0.25) is 4.79 Å². The molecule has 0 saturated carbocycles. The molecule has 1 aliphatic rings. The molecule has 0 bridgehead atoms. The van der Waals surface area contributed by atoms with E-state index in [4.69, 9.17) is 4.74 Å². The van der Waals surface area contributed by atoms with E-state index in [2.05, 4.69) is 45.1 Å². The Bertz CT molecular complexity index is 480. The summed E-state index contributed by atoms with van der Waals surface area (Å²) in [6, 6.07) is 8.47. The number of amides is 1. The molecule has 21 heavy (non-hydrogen) atoms. The summed E-state index contributed by atoms with van der Waals surface area (Å²) in [7, 11) is 0. The molecule has 1 saturated heterocycles. The van der Waals surface area contributed by atoms with E-state index in [1.54, 1.807) is 0 Å². The second-order valence-corrected chi connectivity index (χ2v) is 6.72. The van der Waals surface area contributed by atoms with Crippen LogP contribution < -0.4 is 10.1 Å². The molecule has 0 aromatic heterocycles. The van der Waals surface area contributed by atoms with Crippen molar-refractivity contribution >= 4 is 5.91 Å². The van der Waals surface area contributed by atoms with Gasteiger partial charge in [-0.25, -0.2) is 0 Å². The van der Waals surface area contributed by atoms with E-state index in [0.717, 1.165) is 25.2 Å². The summed E-state index contributed by atoms with van der Waals surface area (Å²) in [6.45, 7) is 9.44. The maximum absolute atomic E-state index is 11.9. The summed E-state index contributed by atoms with van der Waals surface area (Å²) < 4.78 is 5.64. The predicted molar refractivity (Wildman–Crippen MR) is 85.6 cm³/mol. The molecule has 116 valence electrons. The summed E-state index contributed by atoms with van der Waals surface area (Å²) in [6.07, 6.45) is 2.59. The first kappa shape index (κ1) is 15.9. The van der Waals surface area contributed by atoms with E-state index in [1.165, 1.54) is 5.56 Å². The molecule has 0 spiro atoms. The number of carbonyl (C=O) groups excluding carboxylic acids is 1. The highest BCUT2D eigenvalue weighted by atomic mass is 16.5. The average Bonchev–Trinajstić information content (AvgIpc) is 2.72. The fourth-order valence-electron chi connectivity index (χ4n) is 3.11. The molecule has 2 rings (SSSR count). The molecule has 1 heterocycles. The van der Waals surface area contributed by atoms with Crippen molar-refractivity contribution in [3.63, 3.8) is 0 Å². The summed E-state index contributed by atoms with van der Waals surface area (Å²) in [5, 5.41) is 3.15. The Balaban J connectivity index is 2.18. The molecule has 1 amide bonds. The third-order valence-electron chi connectivity index (χ3n) is 4.33.